The summed E-state index contributed by atoms with van der Waals surface area (Å²) in [5.74, 6) is -0.874. The predicted octanol–water partition coefficient (Wildman–Crippen LogP) is 24.3. The van der Waals surface area contributed by atoms with Gasteiger partial charge in [-0.25, -0.2) is 0 Å². The highest BCUT2D eigenvalue weighted by molar-refractivity contribution is 5.71. The molecule has 0 aromatic rings. The molecule has 0 aliphatic carbocycles. The second-order valence-electron chi connectivity index (χ2n) is 24.2. The minimum Gasteiger partial charge on any atom is -0.462 e. The van der Waals surface area contributed by atoms with Crippen molar-refractivity contribution in [1.29, 1.82) is 0 Å². The molecular weight excluding hydrogens is 973 g/mol. The van der Waals surface area contributed by atoms with E-state index in [9.17, 15) is 14.4 Å². The van der Waals surface area contributed by atoms with Gasteiger partial charge >= 0.3 is 17.9 Å². The third-order valence-corrected chi connectivity index (χ3v) is 16.1. The molecule has 464 valence electrons. The lowest BCUT2D eigenvalue weighted by Gasteiger charge is -2.18. The van der Waals surface area contributed by atoms with Crippen molar-refractivity contribution < 1.29 is 28.6 Å². The van der Waals surface area contributed by atoms with Gasteiger partial charge in [-0.2, -0.15) is 0 Å². The molecule has 6 heteroatoms. The quantitative estimate of drug-likeness (QED) is 0.0261. The van der Waals surface area contributed by atoms with E-state index in [0.717, 1.165) is 77.0 Å². The molecule has 0 saturated heterocycles. The van der Waals surface area contributed by atoms with E-state index in [2.05, 4.69) is 57.2 Å². The first-order valence-corrected chi connectivity index (χ1v) is 35.5. The van der Waals surface area contributed by atoms with Crippen molar-refractivity contribution in [3.63, 3.8) is 0 Å². The maximum Gasteiger partial charge on any atom is 0.306 e. The lowest BCUT2D eigenvalue weighted by atomic mass is 10.0. The van der Waals surface area contributed by atoms with Crippen LogP contribution in [0.4, 0.5) is 0 Å². The molecule has 0 aliphatic rings. The standard InChI is InChI=1S/C73H136O6/c1-4-7-10-13-16-18-20-22-24-26-28-30-31-32-33-34-35-36-37-38-39-40-41-42-44-45-47-49-51-53-55-57-60-63-66-72(75)78-69-70(68-77-71(74)65-62-59-15-12-9-6-3)79-73(76)67-64-61-58-56-54-52-50-48-46-43-29-27-25-23-21-19-17-14-11-8-5-2/h21,23,27,29,46,48,70H,4-20,22,24-26,28,30-45,47,49-69H2,1-3H3/b23-21-,29-27-,48-46-. The lowest BCUT2D eigenvalue weighted by molar-refractivity contribution is -0.167. The summed E-state index contributed by atoms with van der Waals surface area (Å²) in [6.07, 6.45) is 85.2. The molecule has 0 aromatic heterocycles. The van der Waals surface area contributed by atoms with Crippen molar-refractivity contribution in [2.45, 2.75) is 399 Å². The van der Waals surface area contributed by atoms with Crippen LogP contribution in [0, 0.1) is 0 Å². The molecule has 0 bridgehead atoms. The molecule has 79 heavy (non-hydrogen) atoms. The van der Waals surface area contributed by atoms with Gasteiger partial charge in [0.2, 0.25) is 0 Å². The number of hydrogen-bond donors (Lipinski definition) is 0. The molecule has 0 heterocycles. The van der Waals surface area contributed by atoms with Crippen LogP contribution in [-0.4, -0.2) is 37.2 Å². The van der Waals surface area contributed by atoms with E-state index in [1.165, 1.54) is 276 Å². The van der Waals surface area contributed by atoms with Gasteiger partial charge in [0.05, 0.1) is 0 Å². The number of allylic oxidation sites excluding steroid dienone is 6. The first-order valence-electron chi connectivity index (χ1n) is 35.5. The summed E-state index contributed by atoms with van der Waals surface area (Å²) in [7, 11) is 0. The van der Waals surface area contributed by atoms with Crippen LogP contribution in [0.1, 0.15) is 393 Å². The highest BCUT2D eigenvalue weighted by Crippen LogP contribution is 2.19. The van der Waals surface area contributed by atoms with Crippen LogP contribution in [0.25, 0.3) is 0 Å². The van der Waals surface area contributed by atoms with E-state index in [1.807, 2.05) is 0 Å². The van der Waals surface area contributed by atoms with Crippen LogP contribution < -0.4 is 0 Å². The highest BCUT2D eigenvalue weighted by Gasteiger charge is 2.19. The summed E-state index contributed by atoms with van der Waals surface area (Å²) in [5.41, 5.74) is 0. The Morgan fingerprint density at radius 1 is 0.253 bits per heavy atom. The van der Waals surface area contributed by atoms with E-state index < -0.39 is 6.10 Å². The first-order chi connectivity index (χ1) is 39.0. The zero-order valence-electron chi connectivity index (χ0n) is 53.4. The normalized spacial score (nSPS) is 12.2. The minimum atomic E-state index is -0.775. The smallest absolute Gasteiger partial charge is 0.306 e. The fourth-order valence-corrected chi connectivity index (χ4v) is 10.8. The molecule has 0 amide bonds. The molecule has 0 aromatic carbocycles. The number of hydrogen-bond acceptors (Lipinski definition) is 6. The van der Waals surface area contributed by atoms with Gasteiger partial charge in [-0.05, 0) is 57.8 Å². The Morgan fingerprint density at radius 2 is 0.456 bits per heavy atom. The number of carbonyl (C=O) groups excluding carboxylic acids is 3. The second kappa shape index (κ2) is 68.1. The molecule has 0 aliphatic heterocycles. The fraction of sp³-hybridized carbons (Fsp3) is 0.877. The average molecular weight is 1110 g/mol. The zero-order valence-corrected chi connectivity index (χ0v) is 53.4. The van der Waals surface area contributed by atoms with Gasteiger partial charge in [0.1, 0.15) is 13.2 Å². The molecule has 6 nitrogen and oxygen atoms in total. The van der Waals surface area contributed by atoms with Crippen LogP contribution in [0.2, 0.25) is 0 Å². The van der Waals surface area contributed by atoms with Crippen molar-refractivity contribution in [3.05, 3.63) is 36.5 Å². The van der Waals surface area contributed by atoms with Crippen LogP contribution in [0.5, 0.6) is 0 Å². The van der Waals surface area contributed by atoms with E-state index in [4.69, 9.17) is 14.2 Å². The van der Waals surface area contributed by atoms with Crippen molar-refractivity contribution in [1.82, 2.24) is 0 Å². The van der Waals surface area contributed by atoms with E-state index in [0.29, 0.717) is 19.3 Å². The molecule has 1 atom stereocenters. The Morgan fingerprint density at radius 3 is 0.709 bits per heavy atom. The van der Waals surface area contributed by atoms with Gasteiger partial charge in [-0.1, -0.05) is 353 Å². The first kappa shape index (κ1) is 76.6. The molecule has 0 fully saturated rings. The van der Waals surface area contributed by atoms with E-state index in [1.54, 1.807) is 0 Å². The number of unbranched alkanes of at least 4 members (excludes halogenated alkanes) is 49. The van der Waals surface area contributed by atoms with E-state index in [-0.39, 0.29) is 31.1 Å². The van der Waals surface area contributed by atoms with Gasteiger partial charge in [-0.15, -0.1) is 0 Å². The largest absolute Gasteiger partial charge is 0.462 e. The average Bonchev–Trinajstić information content (AvgIpc) is 3.45. The van der Waals surface area contributed by atoms with Gasteiger partial charge in [0, 0.05) is 19.3 Å². The van der Waals surface area contributed by atoms with Gasteiger partial charge < -0.3 is 14.2 Å². The molecule has 0 radical (unpaired) electrons. The summed E-state index contributed by atoms with van der Waals surface area (Å²) in [6.45, 7) is 6.62. The Balaban J connectivity index is 3.93. The third kappa shape index (κ3) is 66.3. The summed E-state index contributed by atoms with van der Waals surface area (Å²) >= 11 is 0. The number of esters is 3. The van der Waals surface area contributed by atoms with Crippen molar-refractivity contribution in [3.8, 4) is 0 Å². The van der Waals surface area contributed by atoms with Crippen molar-refractivity contribution in [2.75, 3.05) is 13.2 Å². The second-order valence-corrected chi connectivity index (χ2v) is 24.2. The molecule has 0 saturated carbocycles. The van der Waals surface area contributed by atoms with Crippen LogP contribution >= 0.6 is 0 Å². The summed E-state index contributed by atoms with van der Waals surface area (Å²) in [6, 6.07) is 0. The Bertz CT molecular complexity index is 1320. The van der Waals surface area contributed by atoms with Crippen LogP contribution in [-0.2, 0) is 28.6 Å². The highest BCUT2D eigenvalue weighted by atomic mass is 16.6. The SMILES string of the molecule is CCCCCCC/C=C\C/C=C\C/C=C\CCCCCCCCC(=O)OC(COC(=O)CCCCCCCC)COC(=O)CCCCCCCCCCCCCCCCCCCCCCCCCCCCCCCCCCCC. The lowest BCUT2D eigenvalue weighted by Crippen LogP contribution is -2.30. The minimum absolute atomic E-state index is 0.0735. The Labute approximate surface area is 493 Å². The molecule has 0 spiro atoms. The van der Waals surface area contributed by atoms with Crippen LogP contribution in [0.15, 0.2) is 36.5 Å². The Kier molecular flexibility index (Phi) is 66.1. The number of rotatable bonds is 66. The third-order valence-electron chi connectivity index (χ3n) is 16.1. The fourth-order valence-electron chi connectivity index (χ4n) is 10.8. The summed E-state index contributed by atoms with van der Waals surface area (Å²) < 4.78 is 16.8. The predicted molar refractivity (Wildman–Crippen MR) is 344 cm³/mol. The Hall–Kier alpha value is -2.37. The summed E-state index contributed by atoms with van der Waals surface area (Å²) in [4.78, 5) is 38.1. The zero-order chi connectivity index (χ0) is 57.1. The van der Waals surface area contributed by atoms with Gasteiger partial charge in [0.25, 0.3) is 0 Å². The number of ether oxygens (including phenoxy) is 3. The molecule has 1 unspecified atom stereocenters. The van der Waals surface area contributed by atoms with Gasteiger partial charge in [0.15, 0.2) is 6.10 Å². The molecule has 0 rings (SSSR count). The van der Waals surface area contributed by atoms with Crippen molar-refractivity contribution in [2.24, 2.45) is 0 Å². The van der Waals surface area contributed by atoms with Gasteiger partial charge in [-0.3, -0.25) is 14.4 Å². The summed E-state index contributed by atoms with van der Waals surface area (Å²) in [5, 5.41) is 0. The molecule has 0 N–H and O–H groups in total. The van der Waals surface area contributed by atoms with Crippen molar-refractivity contribution >= 4 is 17.9 Å². The molecular formula is C73H136O6. The van der Waals surface area contributed by atoms with Crippen LogP contribution in [0.3, 0.4) is 0 Å². The maximum absolute atomic E-state index is 12.8. The number of carbonyl (C=O) groups is 3. The topological polar surface area (TPSA) is 78.9 Å². The van der Waals surface area contributed by atoms with E-state index >= 15 is 0 Å². The maximum atomic E-state index is 12.8. The monoisotopic (exact) mass is 1110 g/mol.